The maximum absolute atomic E-state index is 13.2. The van der Waals surface area contributed by atoms with Crippen molar-refractivity contribution >= 4 is 11.8 Å². The molecule has 2 aliphatic heterocycles. The molecule has 2 amide bonds. The van der Waals surface area contributed by atoms with Gasteiger partial charge in [-0.25, -0.2) is 4.39 Å². The molecule has 1 aromatic carbocycles. The number of nitrogens with zero attached hydrogens (tertiary/aromatic N) is 3. The Bertz CT molecular complexity index is 684. The second kappa shape index (κ2) is 9.03. The van der Waals surface area contributed by atoms with Gasteiger partial charge in [-0.2, -0.15) is 0 Å². The molecule has 0 saturated carbocycles. The van der Waals surface area contributed by atoms with E-state index in [2.05, 4.69) is 18.7 Å². The van der Waals surface area contributed by atoms with Crippen molar-refractivity contribution in [2.75, 3.05) is 26.2 Å². The van der Waals surface area contributed by atoms with Gasteiger partial charge < -0.3 is 9.80 Å². The standard InChI is InChI=1S/C22H32FN3O2/c1-16(2)21-15-25(20-8-11-24(12-9-20)17(3)27)13-10-22(28)26(21)14-18-4-6-19(23)7-5-18/h4-7,16,20-21H,8-15H2,1-3H3/t21-/m1/s1. The molecule has 0 N–H and O–H groups in total. The molecule has 0 aliphatic carbocycles. The van der Waals surface area contributed by atoms with E-state index in [1.807, 2.05) is 9.80 Å². The van der Waals surface area contributed by atoms with Gasteiger partial charge in [-0.1, -0.05) is 26.0 Å². The number of hydrogen-bond donors (Lipinski definition) is 0. The maximum Gasteiger partial charge on any atom is 0.224 e. The van der Waals surface area contributed by atoms with Crippen molar-refractivity contribution in [1.82, 2.24) is 14.7 Å². The number of piperidine rings is 1. The van der Waals surface area contributed by atoms with Crippen LogP contribution in [0.3, 0.4) is 0 Å². The van der Waals surface area contributed by atoms with Crippen molar-refractivity contribution < 1.29 is 14.0 Å². The van der Waals surface area contributed by atoms with Gasteiger partial charge in [-0.3, -0.25) is 14.5 Å². The highest BCUT2D eigenvalue weighted by molar-refractivity contribution is 5.77. The summed E-state index contributed by atoms with van der Waals surface area (Å²) < 4.78 is 13.2. The van der Waals surface area contributed by atoms with Crippen molar-refractivity contribution in [3.8, 4) is 0 Å². The molecule has 154 valence electrons. The van der Waals surface area contributed by atoms with Crippen molar-refractivity contribution in [1.29, 1.82) is 0 Å². The van der Waals surface area contributed by atoms with E-state index in [0.717, 1.165) is 44.6 Å². The van der Waals surface area contributed by atoms with Crippen LogP contribution in [0.5, 0.6) is 0 Å². The molecule has 0 unspecified atom stereocenters. The lowest BCUT2D eigenvalue weighted by atomic mass is 9.98. The van der Waals surface area contributed by atoms with Gasteiger partial charge in [0, 0.05) is 58.2 Å². The third kappa shape index (κ3) is 4.90. The Kier molecular flexibility index (Phi) is 6.70. The fraction of sp³-hybridized carbons (Fsp3) is 0.636. The zero-order chi connectivity index (χ0) is 20.3. The Morgan fingerprint density at radius 2 is 1.79 bits per heavy atom. The molecule has 5 nitrogen and oxygen atoms in total. The Hall–Kier alpha value is -1.95. The van der Waals surface area contributed by atoms with Crippen LogP contribution in [0.25, 0.3) is 0 Å². The first-order valence-corrected chi connectivity index (χ1v) is 10.4. The van der Waals surface area contributed by atoms with Gasteiger partial charge >= 0.3 is 0 Å². The topological polar surface area (TPSA) is 43.9 Å². The summed E-state index contributed by atoms with van der Waals surface area (Å²) in [6.45, 7) is 9.72. The first kappa shape index (κ1) is 20.8. The number of likely N-dealkylation sites (tertiary alicyclic amines) is 1. The molecule has 1 aromatic rings. The van der Waals surface area contributed by atoms with Gasteiger partial charge in [0.15, 0.2) is 0 Å². The maximum atomic E-state index is 13.2. The van der Waals surface area contributed by atoms with E-state index in [9.17, 15) is 14.0 Å². The summed E-state index contributed by atoms with van der Waals surface area (Å²) in [6, 6.07) is 7.00. The van der Waals surface area contributed by atoms with E-state index in [1.54, 1.807) is 19.1 Å². The zero-order valence-corrected chi connectivity index (χ0v) is 17.2. The summed E-state index contributed by atoms with van der Waals surface area (Å²) in [5.74, 6) is 0.401. The van der Waals surface area contributed by atoms with Crippen LogP contribution < -0.4 is 0 Å². The lowest BCUT2D eigenvalue weighted by Gasteiger charge is -2.40. The monoisotopic (exact) mass is 389 g/mol. The molecule has 2 heterocycles. The lowest BCUT2D eigenvalue weighted by molar-refractivity contribution is -0.134. The Morgan fingerprint density at radius 1 is 1.14 bits per heavy atom. The highest BCUT2D eigenvalue weighted by Gasteiger charge is 2.35. The molecule has 0 bridgehead atoms. The Morgan fingerprint density at radius 3 is 2.36 bits per heavy atom. The van der Waals surface area contributed by atoms with Crippen molar-refractivity contribution in [3.63, 3.8) is 0 Å². The minimum absolute atomic E-state index is 0.130. The number of halogens is 1. The molecule has 0 spiro atoms. The van der Waals surface area contributed by atoms with E-state index >= 15 is 0 Å². The second-order valence-electron chi connectivity index (χ2n) is 8.44. The van der Waals surface area contributed by atoms with Gasteiger partial charge in [-0.15, -0.1) is 0 Å². The van der Waals surface area contributed by atoms with E-state index in [-0.39, 0.29) is 23.7 Å². The molecular formula is C22H32FN3O2. The van der Waals surface area contributed by atoms with Crippen LogP contribution in [0.4, 0.5) is 4.39 Å². The highest BCUT2D eigenvalue weighted by atomic mass is 19.1. The minimum Gasteiger partial charge on any atom is -0.343 e. The summed E-state index contributed by atoms with van der Waals surface area (Å²) in [6.07, 6.45) is 2.45. The van der Waals surface area contributed by atoms with Gasteiger partial charge in [-0.05, 0) is 36.5 Å². The summed E-state index contributed by atoms with van der Waals surface area (Å²) in [7, 11) is 0. The van der Waals surface area contributed by atoms with Crippen LogP contribution in [0.1, 0.15) is 45.6 Å². The highest BCUT2D eigenvalue weighted by Crippen LogP contribution is 2.25. The van der Waals surface area contributed by atoms with E-state index < -0.39 is 0 Å². The average Bonchev–Trinajstić information content (AvgIpc) is 2.83. The minimum atomic E-state index is -0.255. The third-order valence-electron chi connectivity index (χ3n) is 6.22. The van der Waals surface area contributed by atoms with E-state index in [4.69, 9.17) is 0 Å². The van der Waals surface area contributed by atoms with Crippen LogP contribution in [-0.4, -0.2) is 64.8 Å². The van der Waals surface area contributed by atoms with Crippen LogP contribution in [0.2, 0.25) is 0 Å². The first-order valence-electron chi connectivity index (χ1n) is 10.4. The van der Waals surface area contributed by atoms with Crippen molar-refractivity contribution in [2.45, 2.75) is 58.7 Å². The average molecular weight is 390 g/mol. The van der Waals surface area contributed by atoms with Gasteiger partial charge in [0.2, 0.25) is 11.8 Å². The molecular weight excluding hydrogens is 357 g/mol. The quantitative estimate of drug-likeness (QED) is 0.795. The summed E-state index contributed by atoms with van der Waals surface area (Å²) in [5, 5.41) is 0. The summed E-state index contributed by atoms with van der Waals surface area (Å²) in [5.41, 5.74) is 0.962. The number of rotatable bonds is 4. The van der Waals surface area contributed by atoms with E-state index in [0.29, 0.717) is 24.9 Å². The lowest BCUT2D eigenvalue weighted by Crippen LogP contribution is -2.50. The molecule has 1 atom stereocenters. The number of carbonyl (C=O) groups excluding carboxylic acids is 2. The van der Waals surface area contributed by atoms with Crippen LogP contribution in [0.15, 0.2) is 24.3 Å². The van der Waals surface area contributed by atoms with Crippen LogP contribution in [0, 0.1) is 11.7 Å². The molecule has 2 fully saturated rings. The van der Waals surface area contributed by atoms with Crippen LogP contribution >= 0.6 is 0 Å². The molecule has 6 heteroatoms. The predicted molar refractivity (Wildman–Crippen MR) is 107 cm³/mol. The Labute approximate surface area is 167 Å². The zero-order valence-electron chi connectivity index (χ0n) is 17.2. The van der Waals surface area contributed by atoms with Crippen LogP contribution in [-0.2, 0) is 16.1 Å². The third-order valence-corrected chi connectivity index (χ3v) is 6.22. The largest absolute Gasteiger partial charge is 0.343 e. The molecule has 0 aromatic heterocycles. The number of hydrogen-bond acceptors (Lipinski definition) is 3. The van der Waals surface area contributed by atoms with Gasteiger partial charge in [0.05, 0.1) is 0 Å². The first-order chi connectivity index (χ1) is 13.3. The number of benzene rings is 1. The van der Waals surface area contributed by atoms with Crippen molar-refractivity contribution in [3.05, 3.63) is 35.6 Å². The molecule has 2 aliphatic rings. The predicted octanol–water partition coefficient (Wildman–Crippen LogP) is 2.90. The normalized spacial score (nSPS) is 22.6. The molecule has 28 heavy (non-hydrogen) atoms. The van der Waals surface area contributed by atoms with Crippen molar-refractivity contribution in [2.24, 2.45) is 5.92 Å². The molecule has 2 saturated heterocycles. The van der Waals surface area contributed by atoms with E-state index in [1.165, 1.54) is 12.1 Å². The second-order valence-corrected chi connectivity index (χ2v) is 8.44. The molecule has 0 radical (unpaired) electrons. The molecule has 3 rings (SSSR count). The number of carbonyl (C=O) groups is 2. The summed E-state index contributed by atoms with van der Waals surface area (Å²) >= 11 is 0. The Balaban J connectivity index is 1.71. The summed E-state index contributed by atoms with van der Waals surface area (Å²) in [4.78, 5) is 30.9. The fourth-order valence-corrected chi connectivity index (χ4v) is 4.44. The number of amides is 2. The van der Waals surface area contributed by atoms with Gasteiger partial charge in [0.1, 0.15) is 5.82 Å². The smallest absolute Gasteiger partial charge is 0.224 e. The fourth-order valence-electron chi connectivity index (χ4n) is 4.44. The van der Waals surface area contributed by atoms with Gasteiger partial charge in [0.25, 0.3) is 0 Å². The SMILES string of the molecule is CC(=O)N1CCC(N2CCC(=O)N(Cc3ccc(F)cc3)[C@@H](C(C)C)C2)CC1.